The number of nitrogens with zero attached hydrogens (tertiary/aromatic N) is 4. The summed E-state index contributed by atoms with van der Waals surface area (Å²) in [5.74, 6) is 0.534. The molecule has 3 aromatic rings. The molecule has 0 unspecified atom stereocenters. The average Bonchev–Trinajstić information content (AvgIpc) is 3.14. The number of likely N-dealkylation sites (tertiary alicyclic amines) is 1. The molecule has 10 heteroatoms. The smallest absolute Gasteiger partial charge is 0.223 e. The number of carbonyl (C=O) groups is 1. The van der Waals surface area contributed by atoms with E-state index in [0.717, 1.165) is 29.6 Å². The second-order valence-corrected chi connectivity index (χ2v) is 9.89. The van der Waals surface area contributed by atoms with Gasteiger partial charge in [0.25, 0.3) is 0 Å². The third-order valence-corrected chi connectivity index (χ3v) is 7.60. The van der Waals surface area contributed by atoms with Gasteiger partial charge in [-0.25, -0.2) is 13.4 Å². The lowest BCUT2D eigenvalue weighted by Gasteiger charge is -2.31. The summed E-state index contributed by atoms with van der Waals surface area (Å²) in [6, 6.07) is 10.2. The molecule has 172 valence electrons. The van der Waals surface area contributed by atoms with E-state index in [2.05, 4.69) is 10.1 Å². The maximum absolute atomic E-state index is 12.6. The SMILES string of the molecule is COc1ccc(S(=O)(=O)CCC(=O)N2CCC(c3nn(C)c4ncccc34)CC2)cc1.Cl. The minimum atomic E-state index is -3.52. The first-order valence-corrected chi connectivity index (χ1v) is 12.0. The molecule has 0 atom stereocenters. The number of halogens is 1. The van der Waals surface area contributed by atoms with Gasteiger partial charge in [0.05, 0.1) is 23.5 Å². The first kappa shape index (κ1) is 24.0. The standard InChI is InChI=1S/C22H26N4O4S.ClH/c1-25-22-19(4-3-12-23-22)21(24-25)16-9-13-26(14-10-16)20(27)11-15-31(28,29)18-7-5-17(30-2)6-8-18;/h3-8,12,16H,9-11,13-15H2,1-2H3;1H. The van der Waals surface area contributed by atoms with Gasteiger partial charge < -0.3 is 9.64 Å². The quantitative estimate of drug-likeness (QED) is 0.540. The van der Waals surface area contributed by atoms with Crippen LogP contribution in [0.5, 0.6) is 5.75 Å². The molecule has 0 bridgehead atoms. The molecule has 1 aliphatic rings. The van der Waals surface area contributed by atoms with Crippen molar-refractivity contribution < 1.29 is 17.9 Å². The zero-order valence-electron chi connectivity index (χ0n) is 18.1. The summed E-state index contributed by atoms with van der Waals surface area (Å²) in [6.07, 6.45) is 3.35. The Morgan fingerprint density at radius 2 is 1.84 bits per heavy atom. The van der Waals surface area contributed by atoms with Gasteiger partial charge in [0, 0.05) is 44.1 Å². The van der Waals surface area contributed by atoms with Gasteiger partial charge in [-0.3, -0.25) is 9.48 Å². The lowest BCUT2D eigenvalue weighted by atomic mass is 9.92. The van der Waals surface area contributed by atoms with Crippen LogP contribution in [0.15, 0.2) is 47.5 Å². The van der Waals surface area contributed by atoms with Crippen LogP contribution in [0, 0.1) is 0 Å². The van der Waals surface area contributed by atoms with Crippen molar-refractivity contribution in [1.29, 1.82) is 0 Å². The van der Waals surface area contributed by atoms with Crippen LogP contribution < -0.4 is 4.74 Å². The van der Waals surface area contributed by atoms with Gasteiger partial charge in [0.1, 0.15) is 5.75 Å². The van der Waals surface area contributed by atoms with Gasteiger partial charge >= 0.3 is 0 Å². The maximum Gasteiger partial charge on any atom is 0.223 e. The molecule has 0 N–H and O–H groups in total. The number of aryl methyl sites for hydroxylation is 1. The van der Waals surface area contributed by atoms with Gasteiger partial charge in [0.15, 0.2) is 15.5 Å². The number of rotatable bonds is 6. The fourth-order valence-electron chi connectivity index (χ4n) is 4.10. The van der Waals surface area contributed by atoms with Crippen LogP contribution in [0.25, 0.3) is 11.0 Å². The van der Waals surface area contributed by atoms with Gasteiger partial charge in [-0.05, 0) is 49.2 Å². The summed E-state index contributed by atoms with van der Waals surface area (Å²) in [6.45, 7) is 1.20. The zero-order valence-corrected chi connectivity index (χ0v) is 19.7. The van der Waals surface area contributed by atoms with Crippen molar-refractivity contribution in [2.24, 2.45) is 7.05 Å². The molecule has 0 spiro atoms. The van der Waals surface area contributed by atoms with E-state index >= 15 is 0 Å². The molecule has 2 aromatic heterocycles. The van der Waals surface area contributed by atoms with Gasteiger partial charge in [-0.2, -0.15) is 5.10 Å². The highest BCUT2D eigenvalue weighted by molar-refractivity contribution is 7.91. The molecule has 0 radical (unpaired) electrons. The monoisotopic (exact) mass is 478 g/mol. The summed E-state index contributed by atoms with van der Waals surface area (Å²) in [5.41, 5.74) is 1.89. The van der Waals surface area contributed by atoms with Crippen LogP contribution in [0.4, 0.5) is 0 Å². The Morgan fingerprint density at radius 3 is 2.50 bits per heavy atom. The number of aromatic nitrogens is 3. The van der Waals surface area contributed by atoms with E-state index in [1.165, 1.54) is 19.2 Å². The number of benzene rings is 1. The highest BCUT2D eigenvalue weighted by Crippen LogP contribution is 2.31. The Bertz CT molecular complexity index is 1190. The topological polar surface area (TPSA) is 94.4 Å². The molecule has 1 aromatic carbocycles. The third kappa shape index (κ3) is 4.88. The Kier molecular flexibility index (Phi) is 7.40. The van der Waals surface area contributed by atoms with Gasteiger partial charge in [-0.1, -0.05) is 0 Å². The Morgan fingerprint density at radius 1 is 1.16 bits per heavy atom. The fourth-order valence-corrected chi connectivity index (χ4v) is 5.33. The number of sulfone groups is 1. The van der Waals surface area contributed by atoms with Crippen molar-refractivity contribution in [2.75, 3.05) is 26.0 Å². The molecule has 1 aliphatic heterocycles. The molecule has 3 heterocycles. The van der Waals surface area contributed by atoms with Crippen LogP contribution in [0.1, 0.15) is 30.9 Å². The highest BCUT2D eigenvalue weighted by atomic mass is 35.5. The number of methoxy groups -OCH3 is 1. The second-order valence-electron chi connectivity index (χ2n) is 7.78. The lowest BCUT2D eigenvalue weighted by molar-refractivity contribution is -0.131. The predicted octanol–water partition coefficient (Wildman–Crippen LogP) is 2.97. The summed E-state index contributed by atoms with van der Waals surface area (Å²) in [7, 11) is -0.101. The van der Waals surface area contributed by atoms with E-state index in [1.54, 1.807) is 27.9 Å². The minimum Gasteiger partial charge on any atom is -0.497 e. The number of amides is 1. The van der Waals surface area contributed by atoms with Crippen molar-refractivity contribution in [2.45, 2.75) is 30.1 Å². The molecular formula is C22H27ClN4O4S. The van der Waals surface area contributed by atoms with Crippen LogP contribution in [0.2, 0.25) is 0 Å². The van der Waals surface area contributed by atoms with E-state index in [0.29, 0.717) is 18.8 Å². The molecule has 32 heavy (non-hydrogen) atoms. The largest absolute Gasteiger partial charge is 0.497 e. The fraction of sp³-hybridized carbons (Fsp3) is 0.409. The number of pyridine rings is 1. The molecule has 0 saturated carbocycles. The van der Waals surface area contributed by atoms with Crippen LogP contribution in [-0.4, -0.2) is 59.9 Å². The molecule has 4 rings (SSSR count). The summed E-state index contributed by atoms with van der Waals surface area (Å²) < 4.78 is 32.0. The first-order chi connectivity index (χ1) is 14.9. The Hall–Kier alpha value is -2.65. The number of ether oxygens (including phenoxy) is 1. The summed E-state index contributed by atoms with van der Waals surface area (Å²) in [4.78, 5) is 19.0. The molecular weight excluding hydrogens is 452 g/mol. The van der Waals surface area contributed by atoms with E-state index in [1.807, 2.05) is 19.2 Å². The number of hydrogen-bond acceptors (Lipinski definition) is 6. The van der Waals surface area contributed by atoms with Gasteiger partial charge in [-0.15, -0.1) is 12.4 Å². The van der Waals surface area contributed by atoms with Crippen molar-refractivity contribution in [3.63, 3.8) is 0 Å². The molecule has 1 saturated heterocycles. The Balaban J connectivity index is 0.00000289. The normalized spacial score (nSPS) is 14.9. The van der Waals surface area contributed by atoms with Crippen LogP contribution in [-0.2, 0) is 21.7 Å². The first-order valence-electron chi connectivity index (χ1n) is 10.3. The number of carbonyl (C=O) groups excluding carboxylic acids is 1. The van der Waals surface area contributed by atoms with Crippen molar-refractivity contribution in [1.82, 2.24) is 19.7 Å². The van der Waals surface area contributed by atoms with Crippen molar-refractivity contribution in [3.8, 4) is 5.75 Å². The van der Waals surface area contributed by atoms with E-state index < -0.39 is 9.84 Å². The lowest BCUT2D eigenvalue weighted by Crippen LogP contribution is -2.38. The Labute approximate surface area is 193 Å². The zero-order chi connectivity index (χ0) is 22.0. The summed E-state index contributed by atoms with van der Waals surface area (Å²) in [5, 5.41) is 5.72. The van der Waals surface area contributed by atoms with E-state index in [4.69, 9.17) is 4.74 Å². The average molecular weight is 479 g/mol. The van der Waals surface area contributed by atoms with Crippen LogP contribution >= 0.6 is 12.4 Å². The molecule has 1 amide bonds. The predicted molar refractivity (Wildman–Crippen MR) is 124 cm³/mol. The summed E-state index contributed by atoms with van der Waals surface area (Å²) >= 11 is 0. The third-order valence-electron chi connectivity index (χ3n) is 5.86. The molecule has 0 aliphatic carbocycles. The van der Waals surface area contributed by atoms with Gasteiger partial charge in [0.2, 0.25) is 5.91 Å². The van der Waals surface area contributed by atoms with E-state index in [-0.39, 0.29) is 41.3 Å². The minimum absolute atomic E-state index is 0. The van der Waals surface area contributed by atoms with Crippen molar-refractivity contribution in [3.05, 3.63) is 48.3 Å². The van der Waals surface area contributed by atoms with Crippen molar-refractivity contribution >= 4 is 39.2 Å². The molecule has 1 fully saturated rings. The van der Waals surface area contributed by atoms with E-state index in [9.17, 15) is 13.2 Å². The van der Waals surface area contributed by atoms with Crippen LogP contribution in [0.3, 0.4) is 0 Å². The number of hydrogen-bond donors (Lipinski definition) is 0. The number of fused-ring (bicyclic) bond motifs is 1. The molecule has 8 nitrogen and oxygen atoms in total. The highest BCUT2D eigenvalue weighted by Gasteiger charge is 2.28. The number of piperidine rings is 1. The second kappa shape index (κ2) is 9.87. The maximum atomic E-state index is 12.6.